The van der Waals surface area contributed by atoms with Gasteiger partial charge in [0, 0.05) is 16.7 Å². The number of methoxy groups -OCH3 is 1. The molecule has 0 aromatic heterocycles. The zero-order chi connectivity index (χ0) is 20.4. The molecule has 2 nitrogen and oxygen atoms in total. The fourth-order valence-corrected chi connectivity index (χ4v) is 3.92. The van der Waals surface area contributed by atoms with E-state index in [9.17, 15) is 0 Å². The minimum absolute atomic E-state index is 0.652. The molecule has 1 unspecified atom stereocenters. The number of unbranched alkanes of at least 4 members (excludes halogenated alkanes) is 2. The molecule has 0 fully saturated rings. The standard InChI is InChI=1S/C25H34BrNO/c1-5-6-7-10-19(2)18-27-20(3)24-12-9-8-11-21(24)13-14-22-17-23(26)15-16-25(22)28-4/h8-9,11-12,15-17,19H,5-7,10,13-14,18H2,1-4H3. The normalized spacial score (nSPS) is 12.8. The van der Waals surface area contributed by atoms with E-state index in [0.717, 1.165) is 35.3 Å². The van der Waals surface area contributed by atoms with Crippen molar-refractivity contribution in [2.45, 2.75) is 59.3 Å². The number of aryl methyl sites for hydroxylation is 2. The van der Waals surface area contributed by atoms with E-state index in [0.29, 0.717) is 5.92 Å². The van der Waals surface area contributed by atoms with Crippen LogP contribution in [-0.4, -0.2) is 19.4 Å². The van der Waals surface area contributed by atoms with E-state index < -0.39 is 0 Å². The number of hydrogen-bond acceptors (Lipinski definition) is 2. The summed E-state index contributed by atoms with van der Waals surface area (Å²) in [6, 6.07) is 14.9. The molecule has 2 aromatic carbocycles. The van der Waals surface area contributed by atoms with Crippen molar-refractivity contribution in [3.05, 3.63) is 63.6 Å². The van der Waals surface area contributed by atoms with Crippen molar-refractivity contribution >= 4 is 21.6 Å². The summed E-state index contributed by atoms with van der Waals surface area (Å²) in [5, 5.41) is 0. The average molecular weight is 444 g/mol. The molecule has 0 heterocycles. The number of aliphatic imine (C=N–C) groups is 1. The Bertz CT molecular complexity index is 769. The lowest BCUT2D eigenvalue weighted by Gasteiger charge is -2.13. The van der Waals surface area contributed by atoms with Gasteiger partial charge in [-0.3, -0.25) is 4.99 Å². The first-order valence-electron chi connectivity index (χ1n) is 10.5. The molecule has 0 aliphatic heterocycles. The van der Waals surface area contributed by atoms with E-state index >= 15 is 0 Å². The van der Waals surface area contributed by atoms with Crippen LogP contribution in [0.25, 0.3) is 0 Å². The predicted molar refractivity (Wildman–Crippen MR) is 125 cm³/mol. The average Bonchev–Trinajstić information content (AvgIpc) is 2.71. The highest BCUT2D eigenvalue weighted by molar-refractivity contribution is 9.10. The van der Waals surface area contributed by atoms with Crippen LogP contribution in [-0.2, 0) is 12.8 Å². The molecule has 2 aromatic rings. The van der Waals surface area contributed by atoms with Crippen molar-refractivity contribution in [3.63, 3.8) is 0 Å². The number of ether oxygens (including phenoxy) is 1. The minimum Gasteiger partial charge on any atom is -0.496 e. The summed E-state index contributed by atoms with van der Waals surface area (Å²) in [4.78, 5) is 4.92. The molecule has 0 bridgehead atoms. The number of hydrogen-bond donors (Lipinski definition) is 0. The first kappa shape index (κ1) is 22.7. The molecule has 0 aliphatic rings. The highest BCUT2D eigenvalue weighted by Crippen LogP contribution is 2.25. The molecule has 152 valence electrons. The third-order valence-corrected chi connectivity index (χ3v) is 5.75. The van der Waals surface area contributed by atoms with Gasteiger partial charge in [0.15, 0.2) is 0 Å². The Balaban J connectivity index is 2.06. The molecule has 1 atom stereocenters. The van der Waals surface area contributed by atoms with Crippen LogP contribution in [0.5, 0.6) is 5.75 Å². The molecule has 0 spiro atoms. The summed E-state index contributed by atoms with van der Waals surface area (Å²) in [6.45, 7) is 7.64. The van der Waals surface area contributed by atoms with Crippen molar-refractivity contribution in [1.29, 1.82) is 0 Å². The first-order chi connectivity index (χ1) is 13.5. The first-order valence-corrected chi connectivity index (χ1v) is 11.3. The summed E-state index contributed by atoms with van der Waals surface area (Å²) in [7, 11) is 1.74. The molecule has 0 saturated heterocycles. The van der Waals surface area contributed by atoms with E-state index in [-0.39, 0.29) is 0 Å². The van der Waals surface area contributed by atoms with Gasteiger partial charge in [0.05, 0.1) is 7.11 Å². The molecular formula is C25H34BrNO. The Hall–Kier alpha value is -1.61. The van der Waals surface area contributed by atoms with E-state index in [4.69, 9.17) is 9.73 Å². The summed E-state index contributed by atoms with van der Waals surface area (Å²) >= 11 is 3.57. The van der Waals surface area contributed by atoms with Crippen LogP contribution >= 0.6 is 15.9 Å². The van der Waals surface area contributed by atoms with Crippen LogP contribution < -0.4 is 4.74 Å². The molecule has 28 heavy (non-hydrogen) atoms. The topological polar surface area (TPSA) is 21.6 Å². The fourth-order valence-electron chi connectivity index (χ4n) is 3.52. The maximum absolute atomic E-state index is 5.53. The highest BCUT2D eigenvalue weighted by atomic mass is 79.9. The Labute approximate surface area is 179 Å². The van der Waals surface area contributed by atoms with Gasteiger partial charge in [-0.1, -0.05) is 73.3 Å². The number of halogens is 1. The van der Waals surface area contributed by atoms with E-state index in [1.165, 1.54) is 42.4 Å². The van der Waals surface area contributed by atoms with Gasteiger partial charge >= 0.3 is 0 Å². The molecule has 0 aliphatic carbocycles. The number of nitrogens with zero attached hydrogens (tertiary/aromatic N) is 1. The SMILES string of the molecule is CCCCCC(C)CN=C(C)c1ccccc1CCc1cc(Br)ccc1OC. The van der Waals surface area contributed by atoms with Crippen LogP contribution in [0, 0.1) is 5.92 Å². The maximum Gasteiger partial charge on any atom is 0.122 e. The van der Waals surface area contributed by atoms with E-state index in [1.54, 1.807) is 7.11 Å². The summed E-state index contributed by atoms with van der Waals surface area (Å²) < 4.78 is 6.62. The van der Waals surface area contributed by atoms with Crippen molar-refractivity contribution in [3.8, 4) is 5.75 Å². The van der Waals surface area contributed by atoms with Gasteiger partial charge in [-0.15, -0.1) is 0 Å². The molecule has 3 heteroatoms. The van der Waals surface area contributed by atoms with Crippen molar-refractivity contribution in [2.24, 2.45) is 10.9 Å². The third-order valence-electron chi connectivity index (χ3n) is 5.25. The molecule has 0 amide bonds. The second kappa shape index (κ2) is 12.1. The van der Waals surface area contributed by atoms with Crippen LogP contribution in [0.1, 0.15) is 63.1 Å². The molecule has 0 radical (unpaired) electrons. The quantitative estimate of drug-likeness (QED) is 0.264. The molecule has 0 N–H and O–H groups in total. The minimum atomic E-state index is 0.652. The number of rotatable bonds is 11. The Morgan fingerprint density at radius 1 is 1.07 bits per heavy atom. The van der Waals surface area contributed by atoms with E-state index in [1.807, 2.05) is 12.1 Å². The van der Waals surface area contributed by atoms with Gasteiger partial charge in [-0.2, -0.15) is 0 Å². The Morgan fingerprint density at radius 3 is 2.57 bits per heavy atom. The van der Waals surface area contributed by atoms with Gasteiger partial charge < -0.3 is 4.74 Å². The Kier molecular flexibility index (Phi) is 9.77. The molecule has 2 rings (SSSR count). The summed E-state index contributed by atoms with van der Waals surface area (Å²) in [5.74, 6) is 1.60. The highest BCUT2D eigenvalue weighted by Gasteiger charge is 2.09. The summed E-state index contributed by atoms with van der Waals surface area (Å²) in [5.41, 5.74) is 5.01. The van der Waals surface area contributed by atoms with Gasteiger partial charge in [0.25, 0.3) is 0 Å². The zero-order valence-corrected chi connectivity index (χ0v) is 19.4. The maximum atomic E-state index is 5.53. The lowest BCUT2D eigenvalue weighted by atomic mass is 9.97. The van der Waals surface area contributed by atoms with Gasteiger partial charge in [0.2, 0.25) is 0 Å². The fraction of sp³-hybridized carbons (Fsp3) is 0.480. The third kappa shape index (κ3) is 7.09. The van der Waals surface area contributed by atoms with Crippen LogP contribution in [0.3, 0.4) is 0 Å². The summed E-state index contributed by atoms with van der Waals surface area (Å²) in [6.07, 6.45) is 7.12. The molecule has 0 saturated carbocycles. The van der Waals surface area contributed by atoms with Gasteiger partial charge in [-0.25, -0.2) is 0 Å². The largest absolute Gasteiger partial charge is 0.496 e. The van der Waals surface area contributed by atoms with Crippen molar-refractivity contribution in [1.82, 2.24) is 0 Å². The van der Waals surface area contributed by atoms with E-state index in [2.05, 4.69) is 67.0 Å². The monoisotopic (exact) mass is 443 g/mol. The number of benzene rings is 2. The lowest BCUT2D eigenvalue weighted by Crippen LogP contribution is -2.07. The lowest BCUT2D eigenvalue weighted by molar-refractivity contribution is 0.409. The van der Waals surface area contributed by atoms with Crippen molar-refractivity contribution in [2.75, 3.05) is 13.7 Å². The second-order valence-corrected chi connectivity index (χ2v) is 8.56. The zero-order valence-electron chi connectivity index (χ0n) is 17.8. The van der Waals surface area contributed by atoms with Gasteiger partial charge in [-0.05, 0) is 67.0 Å². The van der Waals surface area contributed by atoms with Crippen molar-refractivity contribution < 1.29 is 4.74 Å². The van der Waals surface area contributed by atoms with Gasteiger partial charge in [0.1, 0.15) is 5.75 Å². The van der Waals surface area contributed by atoms with Crippen LogP contribution in [0.2, 0.25) is 0 Å². The second-order valence-electron chi connectivity index (χ2n) is 7.64. The van der Waals surface area contributed by atoms with Crippen LogP contribution in [0.4, 0.5) is 0 Å². The predicted octanol–water partition coefficient (Wildman–Crippen LogP) is 7.27. The van der Waals surface area contributed by atoms with Crippen LogP contribution in [0.15, 0.2) is 51.9 Å². The smallest absolute Gasteiger partial charge is 0.122 e. The molecular weight excluding hydrogens is 410 g/mol. The Morgan fingerprint density at radius 2 is 1.82 bits per heavy atom.